The quantitative estimate of drug-likeness (QED) is 0.672. The number of nitriles is 1. The normalized spacial score (nSPS) is 21.3. The van der Waals surface area contributed by atoms with E-state index >= 15 is 0 Å². The number of methoxy groups -OCH3 is 1. The molecule has 8 heteroatoms. The van der Waals surface area contributed by atoms with E-state index in [9.17, 15) is 9.59 Å². The third kappa shape index (κ3) is 6.36. The summed E-state index contributed by atoms with van der Waals surface area (Å²) in [6.45, 7) is 8.06. The van der Waals surface area contributed by atoms with Crippen molar-refractivity contribution in [1.29, 1.82) is 5.26 Å². The van der Waals surface area contributed by atoms with Crippen LogP contribution in [0.5, 0.6) is 5.75 Å². The van der Waals surface area contributed by atoms with Gasteiger partial charge < -0.3 is 24.4 Å². The molecule has 8 nitrogen and oxygen atoms in total. The van der Waals surface area contributed by atoms with E-state index in [1.165, 1.54) is 7.11 Å². The van der Waals surface area contributed by atoms with E-state index in [-0.39, 0.29) is 23.3 Å². The van der Waals surface area contributed by atoms with Crippen LogP contribution in [0.15, 0.2) is 18.2 Å². The fourth-order valence-corrected chi connectivity index (χ4v) is 3.97. The summed E-state index contributed by atoms with van der Waals surface area (Å²) in [5.41, 5.74) is 0.0334. The molecule has 0 bridgehead atoms. The number of esters is 1. The molecule has 1 saturated heterocycles. The maximum absolute atomic E-state index is 12.2. The van der Waals surface area contributed by atoms with E-state index in [0.717, 1.165) is 45.3 Å². The van der Waals surface area contributed by atoms with Crippen molar-refractivity contribution in [3.05, 3.63) is 29.3 Å². The zero-order valence-electron chi connectivity index (χ0n) is 19.3. The van der Waals surface area contributed by atoms with Crippen LogP contribution in [0.4, 0.5) is 4.79 Å². The number of likely N-dealkylation sites (tertiary alicyclic amines) is 1. The molecule has 1 aliphatic carbocycles. The number of carbonyl (C=O) groups is 2. The van der Waals surface area contributed by atoms with E-state index < -0.39 is 11.6 Å². The molecule has 32 heavy (non-hydrogen) atoms. The fourth-order valence-electron chi connectivity index (χ4n) is 3.97. The van der Waals surface area contributed by atoms with Crippen molar-refractivity contribution in [3.63, 3.8) is 0 Å². The highest BCUT2D eigenvalue weighted by molar-refractivity contribution is 5.92. The highest BCUT2D eigenvalue weighted by Gasteiger charge is 2.32. The molecule has 1 aliphatic heterocycles. The molecule has 1 heterocycles. The second-order valence-corrected chi connectivity index (χ2v) is 9.54. The number of nitrogens with zero attached hydrogens (tertiary/aromatic N) is 2. The summed E-state index contributed by atoms with van der Waals surface area (Å²) >= 11 is 0. The van der Waals surface area contributed by atoms with E-state index in [4.69, 9.17) is 19.5 Å². The van der Waals surface area contributed by atoms with Crippen LogP contribution in [0, 0.1) is 17.2 Å². The van der Waals surface area contributed by atoms with Crippen molar-refractivity contribution in [2.75, 3.05) is 26.7 Å². The molecular weight excluding hydrogens is 410 g/mol. The van der Waals surface area contributed by atoms with Crippen molar-refractivity contribution >= 4 is 12.1 Å². The van der Waals surface area contributed by atoms with Gasteiger partial charge in [-0.25, -0.2) is 9.59 Å². The van der Waals surface area contributed by atoms with Crippen LogP contribution >= 0.6 is 0 Å². The highest BCUT2D eigenvalue weighted by Crippen LogP contribution is 2.28. The standard InChI is InChI=1S/C24H33N3O5/c1-24(2,3)32-23(29)27-9-7-16(8-10-27)15-26-18-11-20(12-18)31-19-6-5-17(14-25)21(13-19)22(28)30-4/h5-6,13,16,18,20,26H,7-12,15H2,1-4H3/t18-,20-. The lowest BCUT2D eigenvalue weighted by Gasteiger charge is -2.38. The van der Waals surface area contributed by atoms with Gasteiger partial charge in [-0.3, -0.25) is 0 Å². The van der Waals surface area contributed by atoms with Gasteiger partial charge >= 0.3 is 12.1 Å². The largest absolute Gasteiger partial charge is 0.490 e. The van der Waals surface area contributed by atoms with Crippen LogP contribution in [-0.4, -0.2) is 61.5 Å². The number of nitrogens with one attached hydrogen (secondary N) is 1. The number of hydrogen-bond acceptors (Lipinski definition) is 7. The van der Waals surface area contributed by atoms with Gasteiger partial charge in [-0.05, 0) is 77.1 Å². The van der Waals surface area contributed by atoms with Crippen molar-refractivity contribution < 1.29 is 23.8 Å². The number of hydrogen-bond donors (Lipinski definition) is 1. The molecule has 2 aliphatic rings. The van der Waals surface area contributed by atoms with Gasteiger partial charge in [-0.1, -0.05) is 0 Å². The van der Waals surface area contributed by atoms with Crippen LogP contribution in [0.25, 0.3) is 0 Å². The Morgan fingerprint density at radius 2 is 1.91 bits per heavy atom. The minimum atomic E-state index is -0.544. The van der Waals surface area contributed by atoms with Crippen molar-refractivity contribution in [3.8, 4) is 11.8 Å². The zero-order chi connectivity index (χ0) is 23.3. The van der Waals surface area contributed by atoms with Gasteiger partial charge in [0.25, 0.3) is 0 Å². The number of carbonyl (C=O) groups excluding carboxylic acids is 2. The maximum Gasteiger partial charge on any atom is 0.410 e. The number of piperidine rings is 1. The van der Waals surface area contributed by atoms with E-state index in [1.807, 2.05) is 26.8 Å². The summed E-state index contributed by atoms with van der Waals surface area (Å²) in [5.74, 6) is 0.579. The summed E-state index contributed by atoms with van der Waals surface area (Å²) in [7, 11) is 1.29. The number of benzene rings is 1. The number of rotatable bonds is 6. The molecule has 0 aromatic heterocycles. The Morgan fingerprint density at radius 1 is 1.22 bits per heavy atom. The van der Waals surface area contributed by atoms with Crippen LogP contribution in [0.1, 0.15) is 62.4 Å². The van der Waals surface area contributed by atoms with E-state index in [1.54, 1.807) is 23.1 Å². The van der Waals surface area contributed by atoms with Gasteiger partial charge in [0.15, 0.2) is 0 Å². The molecule has 2 fully saturated rings. The molecule has 1 N–H and O–H groups in total. The molecule has 0 atom stereocenters. The Bertz CT molecular complexity index is 859. The maximum atomic E-state index is 12.2. The first-order valence-electron chi connectivity index (χ1n) is 11.2. The SMILES string of the molecule is COC(=O)c1cc(O[C@H]2C[C@H](NCC3CCN(C(=O)OC(C)(C)C)CC3)C2)ccc1C#N. The van der Waals surface area contributed by atoms with E-state index in [0.29, 0.717) is 17.7 Å². The van der Waals surface area contributed by atoms with Gasteiger partial charge in [0.1, 0.15) is 23.5 Å². The lowest BCUT2D eigenvalue weighted by atomic mass is 9.88. The van der Waals surface area contributed by atoms with Gasteiger partial charge in [0.05, 0.1) is 18.2 Å². The lowest BCUT2D eigenvalue weighted by molar-refractivity contribution is 0.0177. The number of amides is 1. The summed E-state index contributed by atoms with van der Waals surface area (Å²) in [4.78, 5) is 25.8. The van der Waals surface area contributed by atoms with E-state index in [2.05, 4.69) is 5.32 Å². The average Bonchev–Trinajstić information content (AvgIpc) is 2.73. The molecule has 1 saturated carbocycles. The summed E-state index contributed by atoms with van der Waals surface area (Å²) in [6, 6.07) is 7.27. The predicted molar refractivity (Wildman–Crippen MR) is 118 cm³/mol. The minimum absolute atomic E-state index is 0.0833. The van der Waals surface area contributed by atoms with Crippen molar-refractivity contribution in [2.24, 2.45) is 5.92 Å². The molecule has 1 aromatic carbocycles. The highest BCUT2D eigenvalue weighted by atomic mass is 16.6. The smallest absolute Gasteiger partial charge is 0.410 e. The van der Waals surface area contributed by atoms with Crippen molar-refractivity contribution in [1.82, 2.24) is 10.2 Å². The Kier molecular flexibility index (Phi) is 7.62. The molecule has 1 aromatic rings. The average molecular weight is 444 g/mol. The van der Waals surface area contributed by atoms with Gasteiger partial charge in [0, 0.05) is 19.1 Å². The van der Waals surface area contributed by atoms with Gasteiger partial charge in [-0.15, -0.1) is 0 Å². The van der Waals surface area contributed by atoms with Crippen LogP contribution in [0.2, 0.25) is 0 Å². The summed E-state index contributed by atoms with van der Waals surface area (Å²) < 4.78 is 16.2. The minimum Gasteiger partial charge on any atom is -0.490 e. The topological polar surface area (TPSA) is 101 Å². The molecule has 0 unspecified atom stereocenters. The summed E-state index contributed by atoms with van der Waals surface area (Å²) in [6.07, 6.45) is 3.59. The second kappa shape index (κ2) is 10.2. The molecule has 0 spiro atoms. The van der Waals surface area contributed by atoms with Crippen LogP contribution in [-0.2, 0) is 9.47 Å². The molecule has 3 rings (SSSR count). The first-order valence-corrected chi connectivity index (χ1v) is 11.2. The van der Waals surface area contributed by atoms with Gasteiger partial charge in [0.2, 0.25) is 0 Å². The van der Waals surface area contributed by atoms with Crippen molar-refractivity contribution in [2.45, 2.75) is 64.2 Å². The Labute approximate surface area is 189 Å². The zero-order valence-corrected chi connectivity index (χ0v) is 19.3. The molecule has 174 valence electrons. The first kappa shape index (κ1) is 23.9. The predicted octanol–water partition coefficient (Wildman–Crippen LogP) is 3.49. The third-order valence-corrected chi connectivity index (χ3v) is 5.88. The Hall–Kier alpha value is -2.79. The van der Waals surface area contributed by atoms with Gasteiger partial charge in [-0.2, -0.15) is 5.26 Å². The van der Waals surface area contributed by atoms with Crippen LogP contribution < -0.4 is 10.1 Å². The lowest BCUT2D eigenvalue weighted by Crippen LogP contribution is -2.49. The fraction of sp³-hybridized carbons (Fsp3) is 0.625. The molecule has 1 amide bonds. The Morgan fingerprint density at radius 3 is 2.50 bits per heavy atom. The molecular formula is C24H33N3O5. The Balaban J connectivity index is 1.37. The number of ether oxygens (including phenoxy) is 3. The first-order chi connectivity index (χ1) is 15.2. The second-order valence-electron chi connectivity index (χ2n) is 9.54. The van der Waals surface area contributed by atoms with Crippen LogP contribution in [0.3, 0.4) is 0 Å². The monoisotopic (exact) mass is 443 g/mol. The summed E-state index contributed by atoms with van der Waals surface area (Å²) in [5, 5.41) is 12.8. The third-order valence-electron chi connectivity index (χ3n) is 5.88. The molecule has 0 radical (unpaired) electrons.